The number of hydrogen-bond acceptors (Lipinski definition) is 3. The van der Waals surface area contributed by atoms with Crippen LogP contribution in [-0.2, 0) is 6.42 Å². The number of ether oxygens (including phenoxy) is 1. The number of benzene rings is 1. The Morgan fingerprint density at radius 1 is 1.39 bits per heavy atom. The quantitative estimate of drug-likeness (QED) is 0.898. The summed E-state index contributed by atoms with van der Waals surface area (Å²) in [5.74, 6) is 2.32. The smallest absolute Gasteiger partial charge is 0.142 e. The third-order valence-electron chi connectivity index (χ3n) is 3.89. The summed E-state index contributed by atoms with van der Waals surface area (Å²) < 4.78 is 6.41. The molecular formula is C15H21NOS. The second-order valence-electron chi connectivity index (χ2n) is 5.51. The molecule has 1 saturated heterocycles. The molecule has 1 atom stereocenters. The van der Waals surface area contributed by atoms with Gasteiger partial charge in [-0.1, -0.05) is 18.6 Å². The van der Waals surface area contributed by atoms with E-state index in [1.54, 1.807) is 0 Å². The average Bonchev–Trinajstić information content (AvgIpc) is 2.86. The summed E-state index contributed by atoms with van der Waals surface area (Å²) in [5.41, 5.74) is 2.62. The van der Waals surface area contributed by atoms with Crippen molar-refractivity contribution >= 4 is 17.4 Å². The Labute approximate surface area is 113 Å². The molecule has 2 aliphatic heterocycles. The van der Waals surface area contributed by atoms with Crippen molar-refractivity contribution < 1.29 is 4.74 Å². The summed E-state index contributed by atoms with van der Waals surface area (Å²) in [6.07, 6.45) is 5.11. The topological polar surface area (TPSA) is 21.3 Å². The number of thioether (sulfide) groups is 1. The van der Waals surface area contributed by atoms with Gasteiger partial charge in [-0.05, 0) is 43.6 Å². The highest BCUT2D eigenvalue weighted by Gasteiger charge is 2.29. The van der Waals surface area contributed by atoms with Crippen LogP contribution in [-0.4, -0.2) is 23.7 Å². The van der Waals surface area contributed by atoms with Crippen LogP contribution in [0.1, 0.15) is 31.7 Å². The Kier molecular flexibility index (Phi) is 3.42. The van der Waals surface area contributed by atoms with Crippen LogP contribution in [0.2, 0.25) is 0 Å². The van der Waals surface area contributed by atoms with Gasteiger partial charge in [-0.15, -0.1) is 0 Å². The minimum atomic E-state index is 0.305. The van der Waals surface area contributed by atoms with Gasteiger partial charge in [0.05, 0.1) is 5.69 Å². The zero-order valence-electron chi connectivity index (χ0n) is 11.0. The fraction of sp³-hybridized carbons (Fsp3) is 0.600. The number of fused-ring (bicyclic) bond motifs is 1. The molecule has 1 unspecified atom stereocenters. The first kappa shape index (κ1) is 12.2. The molecule has 98 valence electrons. The monoisotopic (exact) mass is 263 g/mol. The van der Waals surface area contributed by atoms with Gasteiger partial charge in [-0.3, -0.25) is 0 Å². The first-order valence-corrected chi connectivity index (χ1v) is 7.88. The van der Waals surface area contributed by atoms with Gasteiger partial charge in [0.1, 0.15) is 12.4 Å². The SMILES string of the molecule is CC1(COc2cccc3c2NCC3)CCCCS1. The van der Waals surface area contributed by atoms with E-state index in [0.29, 0.717) is 4.75 Å². The first-order valence-electron chi connectivity index (χ1n) is 6.89. The number of hydrogen-bond donors (Lipinski definition) is 1. The molecule has 0 saturated carbocycles. The second kappa shape index (κ2) is 5.04. The van der Waals surface area contributed by atoms with Gasteiger partial charge in [0, 0.05) is 11.3 Å². The van der Waals surface area contributed by atoms with Crippen LogP contribution in [0.25, 0.3) is 0 Å². The van der Waals surface area contributed by atoms with Gasteiger partial charge in [-0.2, -0.15) is 11.8 Å². The number of nitrogens with one attached hydrogen (secondary N) is 1. The second-order valence-corrected chi connectivity index (χ2v) is 7.19. The summed E-state index contributed by atoms with van der Waals surface area (Å²) in [6, 6.07) is 6.39. The van der Waals surface area contributed by atoms with E-state index in [9.17, 15) is 0 Å². The maximum Gasteiger partial charge on any atom is 0.142 e. The standard InChI is InChI=1S/C15H21NOS/c1-15(8-2-3-10-18-15)11-17-13-6-4-5-12-7-9-16-14(12)13/h4-6,16H,2-3,7-11H2,1H3. The Hall–Kier alpha value is -0.830. The number of rotatable bonds is 3. The lowest BCUT2D eigenvalue weighted by molar-refractivity contribution is 0.268. The molecule has 2 nitrogen and oxygen atoms in total. The van der Waals surface area contributed by atoms with Gasteiger partial charge in [0.15, 0.2) is 0 Å². The van der Waals surface area contributed by atoms with E-state index in [0.717, 1.165) is 25.3 Å². The van der Waals surface area contributed by atoms with E-state index in [-0.39, 0.29) is 0 Å². The van der Waals surface area contributed by atoms with E-state index >= 15 is 0 Å². The molecule has 0 bridgehead atoms. The zero-order valence-corrected chi connectivity index (χ0v) is 11.8. The molecule has 2 aliphatic rings. The van der Waals surface area contributed by atoms with Crippen molar-refractivity contribution in [2.45, 2.75) is 37.4 Å². The van der Waals surface area contributed by atoms with Crippen molar-refractivity contribution in [3.63, 3.8) is 0 Å². The minimum absolute atomic E-state index is 0.305. The molecular weight excluding hydrogens is 242 g/mol. The van der Waals surface area contributed by atoms with E-state index in [1.165, 1.54) is 36.3 Å². The molecule has 0 radical (unpaired) electrons. The minimum Gasteiger partial charge on any atom is -0.490 e. The lowest BCUT2D eigenvalue weighted by atomic mass is 10.0. The Balaban J connectivity index is 1.68. The van der Waals surface area contributed by atoms with Crippen LogP contribution in [0.15, 0.2) is 18.2 Å². The van der Waals surface area contributed by atoms with Crippen LogP contribution < -0.4 is 10.1 Å². The van der Waals surface area contributed by atoms with Crippen molar-refractivity contribution in [3.8, 4) is 5.75 Å². The van der Waals surface area contributed by atoms with Crippen LogP contribution in [0.5, 0.6) is 5.75 Å². The maximum absolute atomic E-state index is 6.11. The van der Waals surface area contributed by atoms with Crippen molar-refractivity contribution in [2.24, 2.45) is 0 Å². The summed E-state index contributed by atoms with van der Waals surface area (Å²) in [7, 11) is 0. The van der Waals surface area contributed by atoms with Gasteiger partial charge in [0.25, 0.3) is 0 Å². The summed E-state index contributed by atoms with van der Waals surface area (Å²) >= 11 is 2.07. The summed E-state index contributed by atoms with van der Waals surface area (Å²) in [4.78, 5) is 0. The molecule has 0 amide bonds. The average molecular weight is 263 g/mol. The van der Waals surface area contributed by atoms with Crippen LogP contribution in [0, 0.1) is 0 Å². The number of para-hydroxylation sites is 1. The Bertz CT molecular complexity index is 427. The van der Waals surface area contributed by atoms with E-state index in [1.807, 2.05) is 0 Å². The fourth-order valence-corrected chi connectivity index (χ4v) is 4.04. The van der Waals surface area contributed by atoms with Gasteiger partial charge >= 0.3 is 0 Å². The highest BCUT2D eigenvalue weighted by molar-refractivity contribution is 8.00. The zero-order chi connectivity index (χ0) is 12.4. The largest absolute Gasteiger partial charge is 0.490 e. The predicted molar refractivity (Wildman–Crippen MR) is 78.8 cm³/mol. The normalized spacial score (nSPS) is 26.5. The van der Waals surface area contributed by atoms with Gasteiger partial charge < -0.3 is 10.1 Å². The highest BCUT2D eigenvalue weighted by atomic mass is 32.2. The van der Waals surface area contributed by atoms with Crippen LogP contribution >= 0.6 is 11.8 Å². The Morgan fingerprint density at radius 2 is 2.33 bits per heavy atom. The summed E-state index contributed by atoms with van der Waals surface area (Å²) in [5, 5.41) is 3.44. The first-order chi connectivity index (χ1) is 8.77. The third kappa shape index (κ3) is 2.46. The van der Waals surface area contributed by atoms with Crippen molar-refractivity contribution in [3.05, 3.63) is 23.8 Å². The van der Waals surface area contributed by atoms with Crippen LogP contribution in [0.4, 0.5) is 5.69 Å². The molecule has 1 aromatic rings. The van der Waals surface area contributed by atoms with Gasteiger partial charge in [0.2, 0.25) is 0 Å². The molecule has 2 heterocycles. The molecule has 1 fully saturated rings. The number of anilines is 1. The molecule has 3 heteroatoms. The lowest BCUT2D eigenvalue weighted by Crippen LogP contribution is -2.31. The molecule has 18 heavy (non-hydrogen) atoms. The molecule has 1 aromatic carbocycles. The van der Waals surface area contributed by atoms with E-state index in [2.05, 4.69) is 42.2 Å². The van der Waals surface area contributed by atoms with Crippen LogP contribution in [0.3, 0.4) is 0 Å². The highest BCUT2D eigenvalue weighted by Crippen LogP contribution is 2.38. The molecule has 0 aliphatic carbocycles. The predicted octanol–water partition coefficient (Wildman–Crippen LogP) is 3.71. The van der Waals surface area contributed by atoms with E-state index in [4.69, 9.17) is 4.74 Å². The fourth-order valence-electron chi connectivity index (χ4n) is 2.76. The van der Waals surface area contributed by atoms with Crippen molar-refractivity contribution in [1.82, 2.24) is 0 Å². The summed E-state index contributed by atoms with van der Waals surface area (Å²) in [6.45, 7) is 4.21. The van der Waals surface area contributed by atoms with Crippen molar-refractivity contribution in [2.75, 3.05) is 24.2 Å². The molecule has 1 N–H and O–H groups in total. The maximum atomic E-state index is 6.11. The molecule has 0 aromatic heterocycles. The molecule has 0 spiro atoms. The Morgan fingerprint density at radius 3 is 3.17 bits per heavy atom. The molecule has 3 rings (SSSR count). The third-order valence-corrected chi connectivity index (χ3v) is 5.40. The van der Waals surface area contributed by atoms with E-state index < -0.39 is 0 Å². The lowest BCUT2D eigenvalue weighted by Gasteiger charge is -2.32. The van der Waals surface area contributed by atoms with Gasteiger partial charge in [-0.25, -0.2) is 0 Å². The van der Waals surface area contributed by atoms with Crippen molar-refractivity contribution in [1.29, 1.82) is 0 Å².